The van der Waals surface area contributed by atoms with Crippen molar-refractivity contribution in [3.8, 4) is 0 Å². The van der Waals surface area contributed by atoms with Gasteiger partial charge in [0.05, 0.1) is 19.1 Å². The van der Waals surface area contributed by atoms with E-state index in [2.05, 4.69) is 44.3 Å². The maximum atomic E-state index is 12.4. The minimum atomic E-state index is 0.00144. The number of benzene rings is 1. The summed E-state index contributed by atoms with van der Waals surface area (Å²) in [5.74, 6) is 0.285. The number of hydrogen-bond acceptors (Lipinski definition) is 3. The summed E-state index contributed by atoms with van der Waals surface area (Å²) in [5.41, 5.74) is 3.62. The number of rotatable bonds is 5. The van der Waals surface area contributed by atoms with Crippen molar-refractivity contribution in [2.24, 2.45) is 5.92 Å². The highest BCUT2D eigenvalue weighted by molar-refractivity contribution is 5.84. The zero-order valence-corrected chi connectivity index (χ0v) is 12.0. The van der Waals surface area contributed by atoms with Crippen LogP contribution < -0.4 is 5.32 Å². The van der Waals surface area contributed by atoms with Crippen LogP contribution in [0.3, 0.4) is 0 Å². The molecule has 1 N–H and O–H groups in total. The molecule has 0 bridgehead atoms. The third kappa shape index (κ3) is 3.43. The van der Waals surface area contributed by atoms with Gasteiger partial charge in [-0.3, -0.25) is 4.79 Å². The zero-order chi connectivity index (χ0) is 13.8. The van der Waals surface area contributed by atoms with E-state index in [1.807, 2.05) is 0 Å². The van der Waals surface area contributed by atoms with Gasteiger partial charge in [-0.05, 0) is 37.1 Å². The number of aryl methyl sites for hydroxylation is 2. The monoisotopic (exact) mass is 261 g/mol. The van der Waals surface area contributed by atoms with Crippen LogP contribution in [-0.4, -0.2) is 31.6 Å². The van der Waals surface area contributed by atoms with Crippen LogP contribution in [-0.2, 0) is 16.0 Å². The summed E-state index contributed by atoms with van der Waals surface area (Å²) in [4.78, 5) is 12.4. The van der Waals surface area contributed by atoms with Crippen molar-refractivity contribution in [3.05, 3.63) is 34.9 Å². The fraction of sp³-hybridized carbons (Fsp3) is 0.562. The maximum absolute atomic E-state index is 12.4. The van der Waals surface area contributed by atoms with E-state index in [4.69, 9.17) is 4.74 Å². The number of nitrogens with one attached hydrogen (secondary N) is 1. The van der Waals surface area contributed by atoms with Crippen molar-refractivity contribution in [1.82, 2.24) is 5.32 Å². The van der Waals surface area contributed by atoms with Gasteiger partial charge in [0.1, 0.15) is 5.78 Å². The Labute approximate surface area is 115 Å². The molecule has 0 saturated carbocycles. The molecule has 3 heteroatoms. The number of carbonyl (C=O) groups is 1. The molecule has 0 radical (unpaired) electrons. The SMILES string of the molecule is CCNC1COCC1C(=O)Cc1ccc(C)c(C)c1. The number of ketones is 1. The van der Waals surface area contributed by atoms with Crippen molar-refractivity contribution in [2.45, 2.75) is 33.2 Å². The predicted octanol–water partition coefficient (Wildman–Crippen LogP) is 2.04. The van der Waals surface area contributed by atoms with E-state index < -0.39 is 0 Å². The summed E-state index contributed by atoms with van der Waals surface area (Å²) in [5, 5.41) is 3.34. The van der Waals surface area contributed by atoms with Crippen molar-refractivity contribution in [1.29, 1.82) is 0 Å². The molecule has 1 aliphatic heterocycles. The standard InChI is InChI=1S/C16H23NO2/c1-4-17-15-10-19-9-14(15)16(18)8-13-6-5-11(2)12(3)7-13/h5-7,14-15,17H,4,8-10H2,1-3H3. The van der Waals surface area contributed by atoms with Crippen LogP contribution in [0.5, 0.6) is 0 Å². The second kappa shape index (κ2) is 6.31. The summed E-state index contributed by atoms with van der Waals surface area (Å²) in [6.45, 7) is 8.32. The Hall–Kier alpha value is -1.19. The Morgan fingerprint density at radius 2 is 2.11 bits per heavy atom. The highest BCUT2D eigenvalue weighted by atomic mass is 16.5. The quantitative estimate of drug-likeness (QED) is 0.881. The topological polar surface area (TPSA) is 38.3 Å². The fourth-order valence-electron chi connectivity index (χ4n) is 2.58. The van der Waals surface area contributed by atoms with Gasteiger partial charge in [0.25, 0.3) is 0 Å². The second-order valence-electron chi connectivity index (χ2n) is 5.37. The molecule has 2 unspecified atom stereocenters. The lowest BCUT2D eigenvalue weighted by Gasteiger charge is -2.17. The van der Waals surface area contributed by atoms with Crippen molar-refractivity contribution < 1.29 is 9.53 Å². The van der Waals surface area contributed by atoms with Gasteiger partial charge in [-0.2, -0.15) is 0 Å². The van der Waals surface area contributed by atoms with Crippen LogP contribution >= 0.6 is 0 Å². The summed E-state index contributed by atoms with van der Waals surface area (Å²) in [6, 6.07) is 6.44. The number of hydrogen-bond donors (Lipinski definition) is 1. The smallest absolute Gasteiger partial charge is 0.144 e. The maximum Gasteiger partial charge on any atom is 0.144 e. The molecule has 0 aliphatic carbocycles. The van der Waals surface area contributed by atoms with Gasteiger partial charge in [0.15, 0.2) is 0 Å². The Kier molecular flexibility index (Phi) is 4.72. The highest BCUT2D eigenvalue weighted by Crippen LogP contribution is 2.18. The lowest BCUT2D eigenvalue weighted by Crippen LogP contribution is -2.39. The first-order valence-electron chi connectivity index (χ1n) is 7.01. The average molecular weight is 261 g/mol. The minimum Gasteiger partial charge on any atom is -0.379 e. The van der Waals surface area contributed by atoms with Crippen molar-refractivity contribution >= 4 is 5.78 Å². The molecule has 2 atom stereocenters. The van der Waals surface area contributed by atoms with Gasteiger partial charge in [0, 0.05) is 12.5 Å². The van der Waals surface area contributed by atoms with Crippen LogP contribution in [0.4, 0.5) is 0 Å². The van der Waals surface area contributed by atoms with Crippen molar-refractivity contribution in [2.75, 3.05) is 19.8 Å². The molecule has 1 aromatic carbocycles. The first kappa shape index (κ1) is 14.2. The van der Waals surface area contributed by atoms with Crippen LogP contribution in [0.2, 0.25) is 0 Å². The molecule has 0 aromatic heterocycles. The molecule has 1 saturated heterocycles. The molecular weight excluding hydrogens is 238 g/mol. The van der Waals surface area contributed by atoms with E-state index in [1.165, 1.54) is 11.1 Å². The number of carbonyl (C=O) groups excluding carboxylic acids is 1. The first-order valence-corrected chi connectivity index (χ1v) is 7.01. The summed E-state index contributed by atoms with van der Waals surface area (Å²) < 4.78 is 5.44. The van der Waals surface area contributed by atoms with Gasteiger partial charge >= 0.3 is 0 Å². The molecule has 2 rings (SSSR count). The Morgan fingerprint density at radius 3 is 2.79 bits per heavy atom. The van der Waals surface area contributed by atoms with Crippen LogP contribution in [0.1, 0.15) is 23.6 Å². The molecule has 19 heavy (non-hydrogen) atoms. The molecule has 1 aliphatic rings. The van der Waals surface area contributed by atoms with E-state index in [1.54, 1.807) is 0 Å². The van der Waals surface area contributed by atoms with Gasteiger partial charge < -0.3 is 10.1 Å². The van der Waals surface area contributed by atoms with E-state index in [0.717, 1.165) is 12.1 Å². The third-order valence-corrected chi connectivity index (χ3v) is 3.91. The summed E-state index contributed by atoms with van der Waals surface area (Å²) in [7, 11) is 0. The van der Waals surface area contributed by atoms with E-state index in [-0.39, 0.29) is 17.7 Å². The first-order chi connectivity index (χ1) is 9.11. The largest absolute Gasteiger partial charge is 0.379 e. The van der Waals surface area contributed by atoms with Gasteiger partial charge in [-0.25, -0.2) is 0 Å². The minimum absolute atomic E-state index is 0.00144. The molecule has 0 amide bonds. The number of Topliss-reactive ketones (excluding diaryl/α,β-unsaturated/α-hetero) is 1. The van der Waals surface area contributed by atoms with E-state index >= 15 is 0 Å². The van der Waals surface area contributed by atoms with E-state index in [0.29, 0.717) is 19.6 Å². The lowest BCUT2D eigenvalue weighted by molar-refractivity contribution is -0.122. The third-order valence-electron chi connectivity index (χ3n) is 3.91. The fourth-order valence-corrected chi connectivity index (χ4v) is 2.58. The van der Waals surface area contributed by atoms with Crippen LogP contribution in [0, 0.1) is 19.8 Å². The van der Waals surface area contributed by atoms with Crippen LogP contribution in [0.15, 0.2) is 18.2 Å². The van der Waals surface area contributed by atoms with Gasteiger partial charge in [-0.1, -0.05) is 25.1 Å². The number of ether oxygens (including phenoxy) is 1. The van der Waals surface area contributed by atoms with Crippen LogP contribution in [0.25, 0.3) is 0 Å². The molecular formula is C16H23NO2. The Morgan fingerprint density at radius 1 is 1.32 bits per heavy atom. The molecule has 1 fully saturated rings. The van der Waals surface area contributed by atoms with Crippen molar-refractivity contribution in [3.63, 3.8) is 0 Å². The zero-order valence-electron chi connectivity index (χ0n) is 12.0. The normalized spacial score (nSPS) is 22.7. The average Bonchev–Trinajstić information content (AvgIpc) is 2.83. The summed E-state index contributed by atoms with van der Waals surface area (Å²) >= 11 is 0. The Balaban J connectivity index is 2.02. The molecule has 1 heterocycles. The van der Waals surface area contributed by atoms with Gasteiger partial charge in [-0.15, -0.1) is 0 Å². The molecule has 104 valence electrons. The van der Waals surface area contributed by atoms with Gasteiger partial charge in [0.2, 0.25) is 0 Å². The Bertz CT molecular complexity index is 456. The van der Waals surface area contributed by atoms with E-state index in [9.17, 15) is 4.79 Å². The molecule has 1 aromatic rings. The number of likely N-dealkylation sites (N-methyl/N-ethyl adjacent to an activating group) is 1. The second-order valence-corrected chi connectivity index (χ2v) is 5.37. The summed E-state index contributed by atoms with van der Waals surface area (Å²) in [6.07, 6.45) is 0.511. The predicted molar refractivity (Wildman–Crippen MR) is 76.4 cm³/mol. The molecule has 0 spiro atoms. The lowest BCUT2D eigenvalue weighted by atomic mass is 9.92. The molecule has 3 nitrogen and oxygen atoms in total. The highest BCUT2D eigenvalue weighted by Gasteiger charge is 2.32.